The molecule has 1 aliphatic carbocycles. The van der Waals surface area contributed by atoms with Crippen molar-refractivity contribution in [2.24, 2.45) is 5.73 Å². The molecule has 2 N–H and O–H groups in total. The van der Waals surface area contributed by atoms with Gasteiger partial charge in [-0.05, 0) is 32.0 Å². The summed E-state index contributed by atoms with van der Waals surface area (Å²) in [5, 5.41) is -0.0336. The summed E-state index contributed by atoms with van der Waals surface area (Å²) >= 11 is 5.90. The summed E-state index contributed by atoms with van der Waals surface area (Å²) in [6.07, 6.45) is 0.388. The number of allylic oxidation sites excluding steroid dienone is 1. The van der Waals surface area contributed by atoms with Gasteiger partial charge in [-0.2, -0.15) is 4.58 Å². The minimum atomic E-state index is -2.77. The Labute approximate surface area is 161 Å². The molecule has 148 valence electrons. The van der Waals surface area contributed by atoms with Gasteiger partial charge in [0.2, 0.25) is 17.7 Å². The van der Waals surface area contributed by atoms with Gasteiger partial charge in [0, 0.05) is 18.8 Å². The van der Waals surface area contributed by atoms with Crippen LogP contribution in [0.1, 0.15) is 32.3 Å². The highest BCUT2D eigenvalue weighted by Gasteiger charge is 2.66. The van der Waals surface area contributed by atoms with Crippen LogP contribution in [-0.4, -0.2) is 47.8 Å². The van der Waals surface area contributed by atoms with E-state index in [0.717, 1.165) is 0 Å². The van der Waals surface area contributed by atoms with Crippen molar-refractivity contribution in [2.75, 3.05) is 19.8 Å². The van der Waals surface area contributed by atoms with Gasteiger partial charge in [0.1, 0.15) is 5.82 Å². The van der Waals surface area contributed by atoms with Crippen LogP contribution in [-0.2, 0) is 9.47 Å². The van der Waals surface area contributed by atoms with Crippen molar-refractivity contribution in [3.63, 3.8) is 0 Å². The smallest absolute Gasteiger partial charge is 0.261 e. The van der Waals surface area contributed by atoms with E-state index in [-0.39, 0.29) is 24.4 Å². The standard InChI is InChI=1S/C19H23ClF3N2O2/c1-3-26-17(27-4-2)16-8-15(12-5-6-14(21)13(20)7-12)25(16)18(11-24)9-19(22,23)10-18/h5-8,17H,3-4,9-11,24H2,1-2H3/q+1. The van der Waals surface area contributed by atoms with E-state index in [1.165, 1.54) is 12.1 Å². The number of ether oxygens (including phenoxy) is 2. The fourth-order valence-corrected chi connectivity index (χ4v) is 3.92. The molecule has 1 fully saturated rings. The lowest BCUT2D eigenvalue weighted by atomic mass is 9.71. The second kappa shape index (κ2) is 7.54. The van der Waals surface area contributed by atoms with Gasteiger partial charge in [0.05, 0.1) is 30.5 Å². The van der Waals surface area contributed by atoms with Crippen LogP contribution in [0.15, 0.2) is 30.0 Å². The molecular weight excluding hydrogens is 381 g/mol. The molecule has 0 bridgehead atoms. The van der Waals surface area contributed by atoms with E-state index in [0.29, 0.717) is 30.2 Å². The van der Waals surface area contributed by atoms with E-state index < -0.39 is 23.6 Å². The molecule has 1 aromatic carbocycles. The molecule has 8 heteroatoms. The lowest BCUT2D eigenvalue weighted by Gasteiger charge is -2.46. The first-order chi connectivity index (χ1) is 12.8. The maximum Gasteiger partial charge on any atom is 0.261 e. The molecule has 1 aliphatic heterocycles. The Balaban J connectivity index is 2.03. The number of rotatable bonds is 8. The molecule has 0 amide bonds. The Morgan fingerprint density at radius 2 is 1.85 bits per heavy atom. The fourth-order valence-electron chi connectivity index (χ4n) is 3.74. The lowest BCUT2D eigenvalue weighted by molar-refractivity contribution is -0.613. The quantitative estimate of drug-likeness (QED) is 0.532. The van der Waals surface area contributed by atoms with Crippen LogP contribution >= 0.6 is 11.6 Å². The molecule has 4 nitrogen and oxygen atoms in total. The maximum absolute atomic E-state index is 13.8. The number of nitrogens with zero attached hydrogens (tertiary/aromatic N) is 1. The molecule has 0 unspecified atom stereocenters. The van der Waals surface area contributed by atoms with Gasteiger partial charge in [0.25, 0.3) is 5.92 Å². The monoisotopic (exact) mass is 403 g/mol. The van der Waals surface area contributed by atoms with Crippen molar-refractivity contribution < 1.29 is 27.2 Å². The van der Waals surface area contributed by atoms with Crippen LogP contribution in [0.5, 0.6) is 0 Å². The largest absolute Gasteiger partial charge is 0.344 e. The summed E-state index contributed by atoms with van der Waals surface area (Å²) in [4.78, 5) is 0. The van der Waals surface area contributed by atoms with Crippen molar-refractivity contribution >= 4 is 17.3 Å². The molecule has 0 saturated heterocycles. The van der Waals surface area contributed by atoms with Crippen LogP contribution in [0.25, 0.3) is 0 Å². The number of halogens is 4. The third-order valence-corrected chi connectivity index (χ3v) is 5.20. The van der Waals surface area contributed by atoms with Crippen LogP contribution < -0.4 is 5.73 Å². The van der Waals surface area contributed by atoms with Gasteiger partial charge < -0.3 is 15.2 Å². The van der Waals surface area contributed by atoms with Crippen LogP contribution in [0.3, 0.4) is 0 Å². The van der Waals surface area contributed by atoms with E-state index >= 15 is 0 Å². The number of hydrogen-bond acceptors (Lipinski definition) is 3. The zero-order valence-electron chi connectivity index (χ0n) is 15.3. The minimum absolute atomic E-state index is 0.0336. The van der Waals surface area contributed by atoms with Gasteiger partial charge in [-0.3, -0.25) is 0 Å². The van der Waals surface area contributed by atoms with E-state index in [2.05, 4.69) is 0 Å². The van der Waals surface area contributed by atoms with E-state index in [4.69, 9.17) is 26.8 Å². The van der Waals surface area contributed by atoms with Gasteiger partial charge in [0.15, 0.2) is 5.54 Å². The molecule has 1 heterocycles. The first kappa shape index (κ1) is 20.3. The lowest BCUT2D eigenvalue weighted by Crippen LogP contribution is -2.66. The zero-order chi connectivity index (χ0) is 19.8. The van der Waals surface area contributed by atoms with E-state index in [9.17, 15) is 13.2 Å². The van der Waals surface area contributed by atoms with Gasteiger partial charge in [-0.15, -0.1) is 0 Å². The Bertz CT molecular complexity index is 781. The molecule has 2 aliphatic rings. The van der Waals surface area contributed by atoms with Crippen molar-refractivity contribution in [1.29, 1.82) is 0 Å². The molecule has 1 aromatic rings. The summed E-state index contributed by atoms with van der Waals surface area (Å²) in [7, 11) is 0. The molecular formula is C19H23ClF3N2O2+. The summed E-state index contributed by atoms with van der Waals surface area (Å²) in [5.41, 5.74) is 6.90. The number of alkyl halides is 2. The molecule has 3 rings (SSSR count). The summed E-state index contributed by atoms with van der Waals surface area (Å²) in [6.45, 7) is 4.51. The number of benzene rings is 1. The Hall–Kier alpha value is -1.41. The highest BCUT2D eigenvalue weighted by atomic mass is 35.5. The van der Waals surface area contributed by atoms with Crippen molar-refractivity contribution in [3.8, 4) is 0 Å². The first-order valence-electron chi connectivity index (χ1n) is 8.92. The molecule has 0 spiro atoms. The summed E-state index contributed by atoms with van der Waals surface area (Å²) in [6, 6.07) is 4.29. The molecule has 0 atom stereocenters. The van der Waals surface area contributed by atoms with Crippen molar-refractivity contribution in [2.45, 2.75) is 44.4 Å². The van der Waals surface area contributed by atoms with Crippen molar-refractivity contribution in [3.05, 3.63) is 46.4 Å². The highest BCUT2D eigenvalue weighted by molar-refractivity contribution is 6.31. The van der Waals surface area contributed by atoms with Crippen LogP contribution in [0.2, 0.25) is 5.02 Å². The highest BCUT2D eigenvalue weighted by Crippen LogP contribution is 2.50. The maximum atomic E-state index is 13.8. The Kier molecular flexibility index (Phi) is 5.68. The average molecular weight is 404 g/mol. The van der Waals surface area contributed by atoms with Gasteiger partial charge >= 0.3 is 0 Å². The zero-order valence-corrected chi connectivity index (χ0v) is 16.0. The third kappa shape index (κ3) is 3.66. The average Bonchev–Trinajstić information content (AvgIpc) is 2.55. The molecule has 27 heavy (non-hydrogen) atoms. The SMILES string of the molecule is CCOC(OCC)C1=CC(c2ccc(F)c(Cl)c2)=[N+]1C1(CN)CC(F)(F)C1. The van der Waals surface area contributed by atoms with Crippen molar-refractivity contribution in [1.82, 2.24) is 0 Å². The second-order valence-electron chi connectivity index (χ2n) is 6.80. The van der Waals surface area contributed by atoms with E-state index in [1.807, 2.05) is 13.8 Å². The molecule has 0 aromatic heterocycles. The van der Waals surface area contributed by atoms with Gasteiger partial charge in [-0.25, -0.2) is 13.2 Å². The Morgan fingerprint density at radius 3 is 2.33 bits per heavy atom. The second-order valence-corrected chi connectivity index (χ2v) is 7.21. The third-order valence-electron chi connectivity index (χ3n) is 4.91. The Morgan fingerprint density at radius 1 is 1.22 bits per heavy atom. The number of hydrogen-bond donors (Lipinski definition) is 1. The summed E-state index contributed by atoms with van der Waals surface area (Å²) in [5.74, 6) is -3.31. The number of nitrogens with two attached hydrogens (primary N) is 1. The predicted molar refractivity (Wildman–Crippen MR) is 96.9 cm³/mol. The topological polar surface area (TPSA) is 47.5 Å². The first-order valence-corrected chi connectivity index (χ1v) is 9.30. The minimum Gasteiger partial charge on any atom is -0.344 e. The van der Waals surface area contributed by atoms with E-state index in [1.54, 1.807) is 16.7 Å². The molecule has 1 saturated carbocycles. The van der Waals surface area contributed by atoms with Gasteiger partial charge in [-0.1, -0.05) is 11.6 Å². The molecule has 0 radical (unpaired) electrons. The fraction of sp³-hybridized carbons (Fsp3) is 0.526. The van der Waals surface area contributed by atoms with Crippen LogP contribution in [0, 0.1) is 5.82 Å². The van der Waals surface area contributed by atoms with Crippen LogP contribution in [0.4, 0.5) is 13.2 Å². The normalized spacial score (nSPS) is 20.4. The summed E-state index contributed by atoms with van der Waals surface area (Å²) < 4.78 is 54.1. The predicted octanol–water partition coefficient (Wildman–Crippen LogP) is 3.70.